The maximum absolute atomic E-state index is 11.9. The van der Waals surface area contributed by atoms with Gasteiger partial charge in [0, 0.05) is 7.05 Å². The van der Waals surface area contributed by atoms with Crippen LogP contribution in [0, 0.1) is 0 Å². The molecule has 3 N–H and O–H groups in total. The Morgan fingerprint density at radius 1 is 1.29 bits per heavy atom. The van der Waals surface area contributed by atoms with Crippen LogP contribution in [0.25, 0.3) is 0 Å². The minimum Gasteiger partial charge on any atom is -0.395 e. The Balaban J connectivity index is 2.96. The van der Waals surface area contributed by atoms with E-state index in [2.05, 4.69) is 10.6 Å². The first-order chi connectivity index (χ1) is 8.04. The van der Waals surface area contributed by atoms with Gasteiger partial charge in [0.2, 0.25) is 5.91 Å². The molecule has 0 unspecified atom stereocenters. The fourth-order valence-electron chi connectivity index (χ4n) is 1.40. The zero-order valence-corrected chi connectivity index (χ0v) is 9.86. The summed E-state index contributed by atoms with van der Waals surface area (Å²) in [6, 6.07) is 8.25. The highest BCUT2D eigenvalue weighted by atomic mass is 16.3. The Kier molecular flexibility index (Phi) is 4.23. The third-order valence-corrected chi connectivity index (χ3v) is 2.68. The predicted molar refractivity (Wildman–Crippen MR) is 63.5 cm³/mol. The second kappa shape index (κ2) is 5.45. The average molecular weight is 236 g/mol. The predicted octanol–water partition coefficient (Wildman–Crippen LogP) is 0.392. The molecule has 5 heteroatoms. The van der Waals surface area contributed by atoms with Crippen LogP contribution in [-0.2, 0) is 10.2 Å². The number of aliphatic hydroxyl groups is 1. The second-order valence-corrected chi connectivity index (χ2v) is 3.89. The number of hydrogen-bond donors (Lipinski definition) is 3. The number of carbonyl (C=O) groups excluding carboxylic acids is 2. The Morgan fingerprint density at radius 2 is 1.88 bits per heavy atom. The highest BCUT2D eigenvalue weighted by Crippen LogP contribution is 2.23. The maximum Gasteiger partial charge on any atom is 0.321 e. The van der Waals surface area contributed by atoms with Crippen LogP contribution in [0.15, 0.2) is 30.3 Å². The van der Waals surface area contributed by atoms with Gasteiger partial charge in [-0.3, -0.25) is 10.1 Å². The fourth-order valence-corrected chi connectivity index (χ4v) is 1.40. The molecule has 5 nitrogen and oxygen atoms in total. The van der Waals surface area contributed by atoms with E-state index in [1.54, 1.807) is 31.2 Å². The zero-order chi connectivity index (χ0) is 12.9. The molecule has 1 rings (SSSR count). The lowest BCUT2D eigenvalue weighted by atomic mass is 9.82. The second-order valence-electron chi connectivity index (χ2n) is 3.89. The van der Waals surface area contributed by atoms with Crippen LogP contribution in [-0.4, -0.2) is 30.7 Å². The molecule has 92 valence electrons. The smallest absolute Gasteiger partial charge is 0.321 e. The van der Waals surface area contributed by atoms with Crippen LogP contribution in [0.3, 0.4) is 0 Å². The van der Waals surface area contributed by atoms with Crippen molar-refractivity contribution in [2.45, 2.75) is 12.3 Å². The molecule has 0 radical (unpaired) electrons. The van der Waals surface area contributed by atoms with Crippen molar-refractivity contribution in [3.8, 4) is 0 Å². The molecule has 0 aliphatic heterocycles. The minimum atomic E-state index is -1.13. The molecular formula is C12H16N2O3. The Bertz CT molecular complexity index is 405. The van der Waals surface area contributed by atoms with Gasteiger partial charge in [-0.15, -0.1) is 0 Å². The van der Waals surface area contributed by atoms with Gasteiger partial charge in [0.1, 0.15) is 0 Å². The van der Waals surface area contributed by atoms with Crippen molar-refractivity contribution in [2.75, 3.05) is 13.7 Å². The molecule has 17 heavy (non-hydrogen) atoms. The number of benzene rings is 1. The number of nitrogens with one attached hydrogen (secondary N) is 2. The van der Waals surface area contributed by atoms with E-state index in [0.29, 0.717) is 5.56 Å². The van der Waals surface area contributed by atoms with Crippen LogP contribution in [0.5, 0.6) is 0 Å². The number of rotatable bonds is 3. The highest BCUT2D eigenvalue weighted by Gasteiger charge is 2.35. The lowest BCUT2D eigenvalue weighted by Gasteiger charge is -2.25. The van der Waals surface area contributed by atoms with E-state index < -0.39 is 17.4 Å². The minimum absolute atomic E-state index is 0.375. The van der Waals surface area contributed by atoms with Gasteiger partial charge >= 0.3 is 6.03 Å². The number of imide groups is 1. The quantitative estimate of drug-likeness (QED) is 0.710. The summed E-state index contributed by atoms with van der Waals surface area (Å²) in [5.41, 5.74) is -0.475. The van der Waals surface area contributed by atoms with E-state index in [9.17, 15) is 14.7 Å². The van der Waals surface area contributed by atoms with Crippen molar-refractivity contribution in [1.29, 1.82) is 0 Å². The highest BCUT2D eigenvalue weighted by molar-refractivity contribution is 5.99. The van der Waals surface area contributed by atoms with E-state index in [1.165, 1.54) is 7.05 Å². The molecule has 0 aliphatic carbocycles. The maximum atomic E-state index is 11.9. The summed E-state index contributed by atoms with van der Waals surface area (Å²) in [6.45, 7) is 1.21. The molecular weight excluding hydrogens is 220 g/mol. The molecule has 0 spiro atoms. The van der Waals surface area contributed by atoms with E-state index in [0.717, 1.165) is 0 Å². The van der Waals surface area contributed by atoms with Gasteiger partial charge in [0.25, 0.3) is 0 Å². The summed E-state index contributed by atoms with van der Waals surface area (Å²) in [5, 5.41) is 13.9. The van der Waals surface area contributed by atoms with Gasteiger partial charge in [-0.1, -0.05) is 30.3 Å². The van der Waals surface area contributed by atoms with Crippen molar-refractivity contribution < 1.29 is 14.7 Å². The summed E-state index contributed by atoms with van der Waals surface area (Å²) in [6.07, 6.45) is 0. The summed E-state index contributed by atoms with van der Waals surface area (Å²) in [4.78, 5) is 23.0. The zero-order valence-electron chi connectivity index (χ0n) is 9.86. The average Bonchev–Trinajstić information content (AvgIpc) is 2.38. The molecule has 1 aromatic carbocycles. The SMILES string of the molecule is CNC(=O)NC(=O)[C@](C)(CO)c1ccccc1. The summed E-state index contributed by atoms with van der Waals surface area (Å²) in [7, 11) is 1.42. The van der Waals surface area contributed by atoms with Crippen LogP contribution in [0.4, 0.5) is 4.79 Å². The standard InChI is InChI=1S/C12H16N2O3/c1-12(8-15,9-6-4-3-5-7-9)10(16)14-11(17)13-2/h3-7,15H,8H2,1-2H3,(H2,13,14,16,17)/t12-/m1/s1. The molecule has 0 aliphatic rings. The Hall–Kier alpha value is -1.88. The molecule has 0 bridgehead atoms. The largest absolute Gasteiger partial charge is 0.395 e. The van der Waals surface area contributed by atoms with E-state index in [-0.39, 0.29) is 6.61 Å². The number of amides is 3. The third-order valence-electron chi connectivity index (χ3n) is 2.68. The first-order valence-corrected chi connectivity index (χ1v) is 5.24. The van der Waals surface area contributed by atoms with Crippen molar-refractivity contribution in [2.24, 2.45) is 0 Å². The number of aliphatic hydroxyl groups excluding tert-OH is 1. The van der Waals surface area contributed by atoms with Crippen LogP contribution >= 0.6 is 0 Å². The lowest BCUT2D eigenvalue weighted by molar-refractivity contribution is -0.126. The van der Waals surface area contributed by atoms with Crippen molar-refractivity contribution in [3.05, 3.63) is 35.9 Å². The summed E-state index contributed by atoms with van der Waals surface area (Å²) in [5.74, 6) is -0.537. The molecule has 0 fully saturated rings. The van der Waals surface area contributed by atoms with Gasteiger partial charge in [-0.05, 0) is 12.5 Å². The van der Waals surface area contributed by atoms with E-state index >= 15 is 0 Å². The van der Waals surface area contributed by atoms with Crippen molar-refractivity contribution >= 4 is 11.9 Å². The van der Waals surface area contributed by atoms with Gasteiger partial charge in [0.05, 0.1) is 12.0 Å². The Morgan fingerprint density at radius 3 is 2.35 bits per heavy atom. The summed E-state index contributed by atoms with van der Waals surface area (Å²) < 4.78 is 0. The first-order valence-electron chi connectivity index (χ1n) is 5.24. The number of hydrogen-bond acceptors (Lipinski definition) is 3. The molecule has 1 atom stereocenters. The van der Waals surface area contributed by atoms with Crippen molar-refractivity contribution in [1.82, 2.24) is 10.6 Å². The normalized spacial score (nSPS) is 13.6. The molecule has 0 heterocycles. The van der Waals surface area contributed by atoms with E-state index in [4.69, 9.17) is 0 Å². The van der Waals surface area contributed by atoms with Crippen molar-refractivity contribution in [3.63, 3.8) is 0 Å². The molecule has 3 amide bonds. The lowest BCUT2D eigenvalue weighted by Crippen LogP contribution is -2.49. The summed E-state index contributed by atoms with van der Waals surface area (Å²) >= 11 is 0. The third kappa shape index (κ3) is 2.82. The Labute approximate surface area is 99.8 Å². The number of carbonyl (C=O) groups is 2. The van der Waals surface area contributed by atoms with Gasteiger partial charge in [0.15, 0.2) is 0 Å². The number of urea groups is 1. The molecule has 1 aromatic rings. The van der Waals surface area contributed by atoms with Crippen LogP contribution in [0.2, 0.25) is 0 Å². The van der Waals surface area contributed by atoms with Gasteiger partial charge in [-0.25, -0.2) is 4.79 Å². The monoisotopic (exact) mass is 236 g/mol. The van der Waals surface area contributed by atoms with Gasteiger partial charge < -0.3 is 10.4 Å². The topological polar surface area (TPSA) is 78.4 Å². The fraction of sp³-hybridized carbons (Fsp3) is 0.333. The molecule has 0 saturated carbocycles. The van der Waals surface area contributed by atoms with Crippen LogP contribution in [0.1, 0.15) is 12.5 Å². The first kappa shape index (κ1) is 13.2. The van der Waals surface area contributed by atoms with E-state index in [1.807, 2.05) is 6.07 Å². The molecule has 0 aromatic heterocycles. The van der Waals surface area contributed by atoms with Crippen LogP contribution < -0.4 is 10.6 Å². The molecule has 0 saturated heterocycles. The van der Waals surface area contributed by atoms with Gasteiger partial charge in [-0.2, -0.15) is 0 Å².